The average Bonchev–Trinajstić information content (AvgIpc) is 2.16. The maximum atomic E-state index is 11.5. The first-order chi connectivity index (χ1) is 6.97. The Morgan fingerprint density at radius 3 is 2.40 bits per heavy atom. The summed E-state index contributed by atoms with van der Waals surface area (Å²) < 4.78 is 0. The van der Waals surface area contributed by atoms with Crippen LogP contribution < -0.4 is 10.6 Å². The van der Waals surface area contributed by atoms with E-state index in [9.17, 15) is 4.79 Å². The fraction of sp³-hybridized carbons (Fsp3) is 0.909. The van der Waals surface area contributed by atoms with E-state index in [0.29, 0.717) is 0 Å². The van der Waals surface area contributed by atoms with Crippen LogP contribution in [0.15, 0.2) is 0 Å². The lowest BCUT2D eigenvalue weighted by molar-refractivity contribution is -0.123. The topological polar surface area (TPSA) is 44.4 Å². The van der Waals surface area contributed by atoms with Gasteiger partial charge in [-0.05, 0) is 34.4 Å². The van der Waals surface area contributed by atoms with Crippen LogP contribution in [0.25, 0.3) is 0 Å². The van der Waals surface area contributed by atoms with Crippen molar-refractivity contribution in [2.75, 3.05) is 26.7 Å². The summed E-state index contributed by atoms with van der Waals surface area (Å²) in [7, 11) is 2.07. The summed E-state index contributed by atoms with van der Waals surface area (Å²) >= 11 is 0. The van der Waals surface area contributed by atoms with E-state index >= 15 is 0 Å². The first-order valence-corrected chi connectivity index (χ1v) is 5.69. The summed E-state index contributed by atoms with van der Waals surface area (Å²) in [6.07, 6.45) is 0. The highest BCUT2D eigenvalue weighted by Crippen LogP contribution is 1.86. The molecule has 90 valence electrons. The fourth-order valence-electron chi connectivity index (χ4n) is 1.13. The predicted octanol–water partition coefficient (Wildman–Crippen LogP) is 0.441. The van der Waals surface area contributed by atoms with Crippen molar-refractivity contribution in [3.63, 3.8) is 0 Å². The second kappa shape index (κ2) is 7.65. The number of nitrogens with one attached hydrogen (secondary N) is 2. The van der Waals surface area contributed by atoms with Gasteiger partial charge in [-0.3, -0.25) is 4.79 Å². The van der Waals surface area contributed by atoms with Crippen LogP contribution in [0.2, 0.25) is 0 Å². The third kappa shape index (κ3) is 7.33. The van der Waals surface area contributed by atoms with Gasteiger partial charge in [0.15, 0.2) is 0 Å². The minimum atomic E-state index is -0.113. The number of rotatable bonds is 7. The molecule has 0 saturated heterocycles. The van der Waals surface area contributed by atoms with Gasteiger partial charge in [0.25, 0.3) is 0 Å². The number of carbonyl (C=O) groups excluding carboxylic acids is 1. The van der Waals surface area contributed by atoms with Gasteiger partial charge in [-0.25, -0.2) is 0 Å². The molecule has 0 aromatic rings. The number of carbonyl (C=O) groups is 1. The SMILES string of the molecule is CCN(C)CCNC(C)C(=O)NC(C)C. The highest BCUT2D eigenvalue weighted by molar-refractivity contribution is 5.81. The van der Waals surface area contributed by atoms with Gasteiger partial charge in [-0.1, -0.05) is 6.92 Å². The van der Waals surface area contributed by atoms with Gasteiger partial charge in [-0.2, -0.15) is 0 Å². The zero-order valence-electron chi connectivity index (χ0n) is 10.6. The van der Waals surface area contributed by atoms with Gasteiger partial charge < -0.3 is 15.5 Å². The quantitative estimate of drug-likeness (QED) is 0.648. The Hall–Kier alpha value is -0.610. The zero-order chi connectivity index (χ0) is 11.8. The van der Waals surface area contributed by atoms with Crippen LogP contribution in [-0.2, 0) is 4.79 Å². The highest BCUT2D eigenvalue weighted by Gasteiger charge is 2.12. The third-order valence-electron chi connectivity index (χ3n) is 2.31. The molecule has 0 aromatic carbocycles. The molecule has 0 rings (SSSR count). The molecule has 15 heavy (non-hydrogen) atoms. The van der Waals surface area contributed by atoms with Crippen LogP contribution in [0.5, 0.6) is 0 Å². The first kappa shape index (κ1) is 14.4. The molecule has 0 bridgehead atoms. The van der Waals surface area contributed by atoms with E-state index in [0.717, 1.165) is 19.6 Å². The minimum Gasteiger partial charge on any atom is -0.353 e. The molecule has 2 N–H and O–H groups in total. The second-order valence-electron chi connectivity index (χ2n) is 4.23. The van der Waals surface area contributed by atoms with Crippen molar-refractivity contribution < 1.29 is 4.79 Å². The molecule has 0 radical (unpaired) electrons. The molecular formula is C11H25N3O. The Morgan fingerprint density at radius 2 is 1.93 bits per heavy atom. The number of nitrogens with zero attached hydrogens (tertiary/aromatic N) is 1. The van der Waals surface area contributed by atoms with E-state index in [-0.39, 0.29) is 18.0 Å². The summed E-state index contributed by atoms with van der Waals surface area (Å²) in [5, 5.41) is 6.08. The van der Waals surface area contributed by atoms with Crippen LogP contribution in [-0.4, -0.2) is 49.6 Å². The molecule has 1 unspecified atom stereocenters. The molecule has 0 aliphatic carbocycles. The smallest absolute Gasteiger partial charge is 0.237 e. The van der Waals surface area contributed by atoms with E-state index in [1.807, 2.05) is 20.8 Å². The average molecular weight is 215 g/mol. The first-order valence-electron chi connectivity index (χ1n) is 5.69. The lowest BCUT2D eigenvalue weighted by atomic mass is 10.3. The Labute approximate surface area is 93.4 Å². The molecule has 0 aliphatic heterocycles. The highest BCUT2D eigenvalue weighted by atomic mass is 16.2. The number of hydrogen-bond acceptors (Lipinski definition) is 3. The van der Waals surface area contributed by atoms with E-state index < -0.39 is 0 Å². The predicted molar refractivity (Wildman–Crippen MR) is 63.9 cm³/mol. The van der Waals surface area contributed by atoms with Gasteiger partial charge in [-0.15, -0.1) is 0 Å². The molecule has 1 amide bonds. The van der Waals surface area contributed by atoms with Crippen LogP contribution >= 0.6 is 0 Å². The Morgan fingerprint density at radius 1 is 1.33 bits per heavy atom. The molecule has 0 aromatic heterocycles. The Bertz CT molecular complexity index is 183. The standard InChI is InChI=1S/C11H25N3O/c1-6-14(5)8-7-12-10(4)11(15)13-9(2)3/h9-10,12H,6-8H2,1-5H3,(H,13,15). The molecule has 0 fully saturated rings. The number of likely N-dealkylation sites (N-methyl/N-ethyl adjacent to an activating group) is 1. The van der Waals surface area contributed by atoms with Gasteiger partial charge in [0.1, 0.15) is 0 Å². The zero-order valence-corrected chi connectivity index (χ0v) is 10.6. The van der Waals surface area contributed by atoms with Crippen LogP contribution in [0, 0.1) is 0 Å². The summed E-state index contributed by atoms with van der Waals surface area (Å²) in [4.78, 5) is 13.7. The van der Waals surface area contributed by atoms with Crippen molar-refractivity contribution in [2.24, 2.45) is 0 Å². The van der Waals surface area contributed by atoms with Gasteiger partial charge in [0, 0.05) is 19.1 Å². The number of amides is 1. The molecule has 0 saturated carbocycles. The van der Waals surface area contributed by atoms with E-state index in [1.165, 1.54) is 0 Å². The molecule has 1 atom stereocenters. The summed E-state index contributed by atoms with van der Waals surface area (Å²) in [6.45, 7) is 10.8. The lowest BCUT2D eigenvalue weighted by Gasteiger charge is -2.18. The van der Waals surface area contributed by atoms with Crippen molar-refractivity contribution in [1.82, 2.24) is 15.5 Å². The largest absolute Gasteiger partial charge is 0.353 e. The van der Waals surface area contributed by atoms with Crippen molar-refractivity contribution in [3.05, 3.63) is 0 Å². The van der Waals surface area contributed by atoms with Crippen molar-refractivity contribution in [3.8, 4) is 0 Å². The summed E-state index contributed by atoms with van der Waals surface area (Å²) in [6, 6.07) is 0.0951. The lowest BCUT2D eigenvalue weighted by Crippen LogP contribution is -2.46. The Balaban J connectivity index is 3.64. The van der Waals surface area contributed by atoms with E-state index in [1.54, 1.807) is 0 Å². The van der Waals surface area contributed by atoms with Crippen molar-refractivity contribution in [2.45, 2.75) is 39.8 Å². The number of hydrogen-bond donors (Lipinski definition) is 2. The Kier molecular flexibility index (Phi) is 7.34. The second-order valence-corrected chi connectivity index (χ2v) is 4.23. The molecule has 0 spiro atoms. The maximum Gasteiger partial charge on any atom is 0.237 e. The van der Waals surface area contributed by atoms with Gasteiger partial charge >= 0.3 is 0 Å². The molecule has 4 nitrogen and oxygen atoms in total. The minimum absolute atomic E-state index is 0.0733. The normalized spacial score (nSPS) is 13.3. The molecule has 0 aliphatic rings. The fourth-order valence-corrected chi connectivity index (χ4v) is 1.13. The maximum absolute atomic E-state index is 11.5. The van der Waals surface area contributed by atoms with Crippen LogP contribution in [0.3, 0.4) is 0 Å². The van der Waals surface area contributed by atoms with Gasteiger partial charge in [0.2, 0.25) is 5.91 Å². The molecular weight excluding hydrogens is 190 g/mol. The van der Waals surface area contributed by atoms with E-state index in [4.69, 9.17) is 0 Å². The monoisotopic (exact) mass is 215 g/mol. The van der Waals surface area contributed by atoms with Crippen molar-refractivity contribution >= 4 is 5.91 Å². The van der Waals surface area contributed by atoms with Crippen LogP contribution in [0.1, 0.15) is 27.7 Å². The summed E-state index contributed by atoms with van der Waals surface area (Å²) in [5.41, 5.74) is 0. The molecule has 0 heterocycles. The van der Waals surface area contributed by atoms with E-state index in [2.05, 4.69) is 29.5 Å². The van der Waals surface area contributed by atoms with Crippen molar-refractivity contribution in [1.29, 1.82) is 0 Å². The molecule has 4 heteroatoms. The third-order valence-corrected chi connectivity index (χ3v) is 2.31. The van der Waals surface area contributed by atoms with Crippen LogP contribution in [0.4, 0.5) is 0 Å². The summed E-state index contributed by atoms with van der Waals surface area (Å²) in [5.74, 6) is 0.0733. The van der Waals surface area contributed by atoms with Gasteiger partial charge in [0.05, 0.1) is 6.04 Å².